The molecule has 0 spiro atoms. The van der Waals surface area contributed by atoms with E-state index in [0.717, 1.165) is 32.6 Å². The summed E-state index contributed by atoms with van der Waals surface area (Å²) >= 11 is 0. The van der Waals surface area contributed by atoms with E-state index in [1.807, 2.05) is 19.2 Å². The van der Waals surface area contributed by atoms with Crippen molar-refractivity contribution in [1.29, 1.82) is 0 Å². The van der Waals surface area contributed by atoms with Gasteiger partial charge in [-0.15, -0.1) is 0 Å². The van der Waals surface area contributed by atoms with Crippen LogP contribution in [0.3, 0.4) is 0 Å². The molecule has 2 amide bonds. The molecule has 6 heteroatoms. The number of aryl methyl sites for hydroxylation is 1. The van der Waals surface area contributed by atoms with Crippen molar-refractivity contribution in [1.82, 2.24) is 15.3 Å². The predicted molar refractivity (Wildman–Crippen MR) is 81.7 cm³/mol. The second kappa shape index (κ2) is 7.19. The highest BCUT2D eigenvalue weighted by Gasteiger charge is 2.20. The van der Waals surface area contributed by atoms with Gasteiger partial charge in [-0.05, 0) is 31.2 Å². The lowest BCUT2D eigenvalue weighted by Gasteiger charge is -2.32. The number of piperazine rings is 1. The van der Waals surface area contributed by atoms with Gasteiger partial charge < -0.3 is 10.2 Å². The Morgan fingerprint density at radius 2 is 1.67 bits per heavy atom. The number of hydrogen-bond donors (Lipinski definition) is 2. The molecule has 0 saturated carbocycles. The van der Waals surface area contributed by atoms with Crippen LogP contribution in [0.25, 0.3) is 0 Å². The fraction of sp³-hybridized carbons (Fsp3) is 0.467. The fourth-order valence-corrected chi connectivity index (χ4v) is 2.12. The number of amides is 2. The first-order chi connectivity index (χ1) is 10.1. The van der Waals surface area contributed by atoms with E-state index in [1.165, 1.54) is 5.56 Å². The molecule has 0 unspecified atom stereocenters. The van der Waals surface area contributed by atoms with Gasteiger partial charge in [0, 0.05) is 31.9 Å². The summed E-state index contributed by atoms with van der Waals surface area (Å²) in [5, 5.41) is 4.38. The summed E-state index contributed by atoms with van der Waals surface area (Å²) in [6.45, 7) is 5.26. The SMILES string of the molecule is CCc1ccc(NC(=O)C(=O)NN2CCN(C)CC2)cc1. The van der Waals surface area contributed by atoms with Gasteiger partial charge in [0.1, 0.15) is 0 Å². The summed E-state index contributed by atoms with van der Waals surface area (Å²) in [4.78, 5) is 25.9. The van der Waals surface area contributed by atoms with E-state index in [-0.39, 0.29) is 0 Å². The second-order valence-corrected chi connectivity index (χ2v) is 5.24. The van der Waals surface area contributed by atoms with Crippen molar-refractivity contribution in [2.24, 2.45) is 0 Å². The summed E-state index contributed by atoms with van der Waals surface area (Å²) in [7, 11) is 2.03. The zero-order chi connectivity index (χ0) is 15.2. The van der Waals surface area contributed by atoms with E-state index < -0.39 is 11.8 Å². The van der Waals surface area contributed by atoms with Crippen LogP contribution in [-0.4, -0.2) is 54.9 Å². The van der Waals surface area contributed by atoms with Gasteiger partial charge in [0.2, 0.25) is 0 Å². The van der Waals surface area contributed by atoms with E-state index >= 15 is 0 Å². The number of likely N-dealkylation sites (N-methyl/N-ethyl adjacent to an activating group) is 1. The van der Waals surface area contributed by atoms with Crippen LogP contribution in [0.5, 0.6) is 0 Å². The number of benzene rings is 1. The number of nitrogens with one attached hydrogen (secondary N) is 2. The Balaban J connectivity index is 1.83. The quantitative estimate of drug-likeness (QED) is 0.794. The number of hydrogen-bond acceptors (Lipinski definition) is 4. The Morgan fingerprint density at radius 1 is 1.05 bits per heavy atom. The first-order valence-electron chi connectivity index (χ1n) is 7.23. The topological polar surface area (TPSA) is 64.7 Å². The van der Waals surface area contributed by atoms with Crippen LogP contribution in [0.4, 0.5) is 5.69 Å². The summed E-state index contributed by atoms with van der Waals surface area (Å²) in [6.07, 6.45) is 0.943. The van der Waals surface area contributed by atoms with Crippen molar-refractivity contribution < 1.29 is 9.59 Å². The smallest absolute Gasteiger partial charge is 0.318 e. The first-order valence-corrected chi connectivity index (χ1v) is 7.23. The lowest BCUT2D eigenvalue weighted by molar-refractivity contribution is -0.139. The van der Waals surface area contributed by atoms with Crippen molar-refractivity contribution >= 4 is 17.5 Å². The van der Waals surface area contributed by atoms with Crippen LogP contribution < -0.4 is 10.7 Å². The number of nitrogens with zero attached hydrogens (tertiary/aromatic N) is 2. The van der Waals surface area contributed by atoms with Crippen LogP contribution in [0, 0.1) is 0 Å². The molecule has 2 rings (SSSR count). The third-order valence-electron chi connectivity index (χ3n) is 3.59. The van der Waals surface area contributed by atoms with Gasteiger partial charge in [0.25, 0.3) is 0 Å². The number of anilines is 1. The molecule has 1 aliphatic rings. The molecular weight excluding hydrogens is 268 g/mol. The lowest BCUT2D eigenvalue weighted by atomic mass is 10.1. The Labute approximate surface area is 125 Å². The largest absolute Gasteiger partial charge is 0.323 e. The fourth-order valence-electron chi connectivity index (χ4n) is 2.12. The van der Waals surface area contributed by atoms with E-state index in [2.05, 4.69) is 22.6 Å². The average Bonchev–Trinajstić information content (AvgIpc) is 2.50. The molecule has 1 saturated heterocycles. The molecule has 1 fully saturated rings. The molecule has 0 aromatic heterocycles. The Bertz CT molecular complexity index is 493. The molecule has 1 aromatic carbocycles. The minimum absolute atomic E-state index is 0.626. The number of carbonyl (C=O) groups excluding carboxylic acids is 2. The minimum Gasteiger partial charge on any atom is -0.318 e. The summed E-state index contributed by atoms with van der Waals surface area (Å²) in [6, 6.07) is 7.49. The zero-order valence-corrected chi connectivity index (χ0v) is 12.6. The maximum atomic E-state index is 11.8. The summed E-state index contributed by atoms with van der Waals surface area (Å²) in [5.74, 6) is -1.27. The molecule has 2 N–H and O–H groups in total. The third-order valence-corrected chi connectivity index (χ3v) is 3.59. The molecule has 1 heterocycles. The summed E-state index contributed by atoms with van der Waals surface area (Å²) < 4.78 is 0. The van der Waals surface area contributed by atoms with Crippen molar-refractivity contribution in [3.05, 3.63) is 29.8 Å². The van der Waals surface area contributed by atoms with Crippen molar-refractivity contribution in [3.8, 4) is 0 Å². The Hall–Kier alpha value is -1.92. The van der Waals surface area contributed by atoms with Crippen molar-refractivity contribution in [2.75, 3.05) is 38.5 Å². The van der Waals surface area contributed by atoms with Crippen molar-refractivity contribution in [2.45, 2.75) is 13.3 Å². The predicted octanol–water partition coefficient (Wildman–Crippen LogP) is 0.466. The van der Waals surface area contributed by atoms with E-state index in [4.69, 9.17) is 0 Å². The lowest BCUT2D eigenvalue weighted by Crippen LogP contribution is -2.54. The monoisotopic (exact) mass is 290 g/mol. The molecule has 0 atom stereocenters. The van der Waals surface area contributed by atoms with Crippen molar-refractivity contribution in [3.63, 3.8) is 0 Å². The van der Waals surface area contributed by atoms with Gasteiger partial charge in [-0.1, -0.05) is 19.1 Å². The number of rotatable bonds is 3. The molecule has 114 valence electrons. The van der Waals surface area contributed by atoms with Gasteiger partial charge in [0.05, 0.1) is 0 Å². The standard InChI is InChI=1S/C15H22N4O2/c1-3-12-4-6-13(7-5-12)16-14(20)15(21)17-19-10-8-18(2)9-11-19/h4-7H,3,8-11H2,1-2H3,(H,16,20)(H,17,21). The van der Waals surface area contributed by atoms with E-state index in [1.54, 1.807) is 17.1 Å². The third kappa shape index (κ3) is 4.54. The number of carbonyl (C=O) groups is 2. The van der Waals surface area contributed by atoms with Crippen LogP contribution in [0.1, 0.15) is 12.5 Å². The highest BCUT2D eigenvalue weighted by Crippen LogP contribution is 2.09. The van der Waals surface area contributed by atoms with E-state index in [0.29, 0.717) is 5.69 Å². The molecule has 0 radical (unpaired) electrons. The van der Waals surface area contributed by atoms with Gasteiger partial charge in [-0.25, -0.2) is 5.01 Å². The van der Waals surface area contributed by atoms with Crippen LogP contribution in [-0.2, 0) is 16.0 Å². The Kier molecular flexibility index (Phi) is 5.30. The molecule has 1 aliphatic heterocycles. The van der Waals surface area contributed by atoms with Gasteiger partial charge in [0.15, 0.2) is 0 Å². The van der Waals surface area contributed by atoms with E-state index in [9.17, 15) is 9.59 Å². The number of hydrazine groups is 1. The summed E-state index contributed by atoms with van der Waals surface area (Å²) in [5.41, 5.74) is 4.46. The first kappa shape index (κ1) is 15.5. The maximum Gasteiger partial charge on any atom is 0.323 e. The van der Waals surface area contributed by atoms with Crippen LogP contribution >= 0.6 is 0 Å². The average molecular weight is 290 g/mol. The van der Waals surface area contributed by atoms with Gasteiger partial charge in [-0.3, -0.25) is 15.0 Å². The second-order valence-electron chi connectivity index (χ2n) is 5.24. The normalized spacial score (nSPS) is 16.5. The minimum atomic E-state index is -0.641. The molecule has 1 aromatic rings. The maximum absolute atomic E-state index is 11.8. The molecule has 21 heavy (non-hydrogen) atoms. The molecular formula is C15H22N4O2. The van der Waals surface area contributed by atoms with Gasteiger partial charge >= 0.3 is 11.8 Å². The van der Waals surface area contributed by atoms with Gasteiger partial charge in [-0.2, -0.15) is 0 Å². The molecule has 6 nitrogen and oxygen atoms in total. The van der Waals surface area contributed by atoms with Crippen LogP contribution in [0.2, 0.25) is 0 Å². The highest BCUT2D eigenvalue weighted by molar-refractivity contribution is 6.39. The highest BCUT2D eigenvalue weighted by atomic mass is 16.2. The Morgan fingerprint density at radius 3 is 2.24 bits per heavy atom. The molecule has 0 aliphatic carbocycles. The zero-order valence-electron chi connectivity index (χ0n) is 12.6. The molecule has 0 bridgehead atoms. The van der Waals surface area contributed by atoms with Crippen LogP contribution in [0.15, 0.2) is 24.3 Å².